The predicted molar refractivity (Wildman–Crippen MR) is 89.9 cm³/mol. The molecule has 4 rings (SSSR count). The molecule has 1 saturated heterocycles. The molecule has 0 radical (unpaired) electrons. The molecule has 1 atom stereocenters. The van der Waals surface area contributed by atoms with E-state index >= 15 is 0 Å². The zero-order valence-electron chi connectivity index (χ0n) is 13.2. The zero-order chi connectivity index (χ0) is 15.6. The van der Waals surface area contributed by atoms with Crippen molar-refractivity contribution in [3.8, 4) is 5.75 Å². The predicted octanol–water partition coefficient (Wildman–Crippen LogP) is 2.57. The number of pyridine rings is 1. The quantitative estimate of drug-likeness (QED) is 0.805. The molecule has 1 unspecified atom stereocenters. The largest absolute Gasteiger partial charge is 0.497 e. The van der Waals surface area contributed by atoms with Crippen molar-refractivity contribution >= 4 is 11.2 Å². The van der Waals surface area contributed by atoms with E-state index in [0.717, 1.165) is 48.8 Å². The van der Waals surface area contributed by atoms with Crippen LogP contribution < -0.4 is 10.1 Å². The molecule has 2 aromatic heterocycles. The number of hydrogen-bond acceptors (Lipinski definition) is 4. The molecule has 1 aromatic carbocycles. The average molecular weight is 308 g/mol. The molecule has 0 bridgehead atoms. The molecule has 1 aliphatic heterocycles. The van der Waals surface area contributed by atoms with Crippen molar-refractivity contribution in [2.24, 2.45) is 0 Å². The number of rotatable bonds is 4. The summed E-state index contributed by atoms with van der Waals surface area (Å²) in [6, 6.07) is 12.2. The van der Waals surface area contributed by atoms with Gasteiger partial charge in [-0.3, -0.25) is 0 Å². The molecule has 23 heavy (non-hydrogen) atoms. The summed E-state index contributed by atoms with van der Waals surface area (Å²) in [6.07, 6.45) is 2.96. The first-order valence-electron chi connectivity index (χ1n) is 8.00. The fourth-order valence-electron chi connectivity index (χ4n) is 3.27. The Balaban J connectivity index is 1.78. The lowest BCUT2D eigenvalue weighted by atomic mass is 10.1. The van der Waals surface area contributed by atoms with E-state index in [9.17, 15) is 0 Å². The summed E-state index contributed by atoms with van der Waals surface area (Å²) < 4.78 is 7.59. The second kappa shape index (κ2) is 6.01. The standard InChI is InChI=1S/C18H20N4O/c1-23-15-5-2-4-13(10-15)12-22-17(14-7-9-19-11-14)21-16-6-3-8-20-18(16)22/h2-6,8,10,14,19H,7,9,11-12H2,1H3. The normalized spacial score (nSPS) is 17.7. The highest BCUT2D eigenvalue weighted by molar-refractivity contribution is 5.71. The topological polar surface area (TPSA) is 52.0 Å². The van der Waals surface area contributed by atoms with Crippen molar-refractivity contribution in [2.45, 2.75) is 18.9 Å². The van der Waals surface area contributed by atoms with Gasteiger partial charge in [-0.05, 0) is 42.8 Å². The summed E-state index contributed by atoms with van der Waals surface area (Å²) in [5, 5.41) is 3.43. The highest BCUT2D eigenvalue weighted by Crippen LogP contribution is 2.26. The lowest BCUT2D eigenvalue weighted by Crippen LogP contribution is -2.13. The zero-order valence-corrected chi connectivity index (χ0v) is 13.2. The summed E-state index contributed by atoms with van der Waals surface area (Å²) in [4.78, 5) is 9.42. The van der Waals surface area contributed by atoms with Crippen molar-refractivity contribution in [2.75, 3.05) is 20.2 Å². The maximum absolute atomic E-state index is 5.34. The minimum Gasteiger partial charge on any atom is -0.497 e. The van der Waals surface area contributed by atoms with E-state index in [1.54, 1.807) is 7.11 Å². The smallest absolute Gasteiger partial charge is 0.160 e. The molecule has 3 aromatic rings. The number of hydrogen-bond donors (Lipinski definition) is 1. The van der Waals surface area contributed by atoms with Crippen LogP contribution in [0.4, 0.5) is 0 Å². The fourth-order valence-corrected chi connectivity index (χ4v) is 3.27. The van der Waals surface area contributed by atoms with Crippen LogP contribution in [0.3, 0.4) is 0 Å². The van der Waals surface area contributed by atoms with Gasteiger partial charge >= 0.3 is 0 Å². The van der Waals surface area contributed by atoms with E-state index < -0.39 is 0 Å². The fraction of sp³-hybridized carbons (Fsp3) is 0.333. The number of nitrogens with one attached hydrogen (secondary N) is 1. The number of benzene rings is 1. The van der Waals surface area contributed by atoms with Gasteiger partial charge in [0.2, 0.25) is 0 Å². The Kier molecular flexibility index (Phi) is 3.71. The van der Waals surface area contributed by atoms with Crippen LogP contribution in [0.5, 0.6) is 5.75 Å². The second-order valence-electron chi connectivity index (χ2n) is 5.94. The van der Waals surface area contributed by atoms with Crippen molar-refractivity contribution in [1.82, 2.24) is 19.9 Å². The van der Waals surface area contributed by atoms with Gasteiger partial charge in [0.15, 0.2) is 5.65 Å². The van der Waals surface area contributed by atoms with Gasteiger partial charge in [0.25, 0.3) is 0 Å². The number of imidazole rings is 1. The minimum absolute atomic E-state index is 0.454. The molecule has 0 saturated carbocycles. The summed E-state index contributed by atoms with van der Waals surface area (Å²) >= 11 is 0. The SMILES string of the molecule is COc1cccc(Cn2c(C3CCNC3)nc3cccnc32)c1. The Morgan fingerprint density at radius 2 is 2.26 bits per heavy atom. The molecule has 1 N–H and O–H groups in total. The monoisotopic (exact) mass is 308 g/mol. The molecule has 0 spiro atoms. The number of methoxy groups -OCH3 is 1. The average Bonchev–Trinajstić information content (AvgIpc) is 3.23. The Morgan fingerprint density at radius 1 is 1.30 bits per heavy atom. The molecular formula is C18H20N4O. The van der Waals surface area contributed by atoms with Gasteiger partial charge in [0, 0.05) is 18.7 Å². The molecule has 1 aliphatic rings. The Bertz CT molecular complexity index is 821. The van der Waals surface area contributed by atoms with Crippen LogP contribution in [0.25, 0.3) is 11.2 Å². The van der Waals surface area contributed by atoms with Gasteiger partial charge in [-0.2, -0.15) is 0 Å². The minimum atomic E-state index is 0.454. The second-order valence-corrected chi connectivity index (χ2v) is 5.94. The lowest BCUT2D eigenvalue weighted by molar-refractivity contribution is 0.414. The van der Waals surface area contributed by atoms with E-state index in [2.05, 4.69) is 27.0 Å². The first-order valence-corrected chi connectivity index (χ1v) is 8.00. The highest BCUT2D eigenvalue weighted by atomic mass is 16.5. The summed E-state index contributed by atoms with van der Waals surface area (Å²) in [5.74, 6) is 2.46. The molecular weight excluding hydrogens is 288 g/mol. The summed E-state index contributed by atoms with van der Waals surface area (Å²) in [5.41, 5.74) is 3.12. The van der Waals surface area contributed by atoms with Gasteiger partial charge < -0.3 is 14.6 Å². The number of ether oxygens (including phenoxy) is 1. The molecule has 3 heterocycles. The molecule has 0 aliphatic carbocycles. The van der Waals surface area contributed by atoms with Crippen molar-refractivity contribution in [1.29, 1.82) is 0 Å². The first kappa shape index (κ1) is 14.2. The molecule has 118 valence electrons. The van der Waals surface area contributed by atoms with Crippen molar-refractivity contribution < 1.29 is 4.74 Å². The summed E-state index contributed by atoms with van der Waals surface area (Å²) in [6.45, 7) is 2.80. The van der Waals surface area contributed by atoms with Crippen molar-refractivity contribution in [3.63, 3.8) is 0 Å². The first-order chi connectivity index (χ1) is 11.3. The lowest BCUT2D eigenvalue weighted by Gasteiger charge is -2.13. The number of fused-ring (bicyclic) bond motifs is 1. The van der Waals surface area contributed by atoms with Crippen LogP contribution in [0, 0.1) is 0 Å². The van der Waals surface area contributed by atoms with Crippen LogP contribution in [0.15, 0.2) is 42.6 Å². The molecule has 1 fully saturated rings. The van der Waals surface area contributed by atoms with E-state index in [-0.39, 0.29) is 0 Å². The Morgan fingerprint density at radius 3 is 3.09 bits per heavy atom. The van der Waals surface area contributed by atoms with E-state index in [0.29, 0.717) is 5.92 Å². The van der Waals surface area contributed by atoms with Gasteiger partial charge in [0.05, 0.1) is 13.7 Å². The van der Waals surface area contributed by atoms with Crippen LogP contribution in [-0.2, 0) is 6.54 Å². The maximum atomic E-state index is 5.34. The highest BCUT2D eigenvalue weighted by Gasteiger charge is 2.24. The number of nitrogens with zero attached hydrogens (tertiary/aromatic N) is 3. The van der Waals surface area contributed by atoms with Gasteiger partial charge in [-0.1, -0.05) is 12.1 Å². The van der Waals surface area contributed by atoms with Gasteiger partial charge in [-0.15, -0.1) is 0 Å². The van der Waals surface area contributed by atoms with Crippen LogP contribution in [-0.4, -0.2) is 34.7 Å². The molecule has 5 heteroatoms. The van der Waals surface area contributed by atoms with Crippen LogP contribution >= 0.6 is 0 Å². The van der Waals surface area contributed by atoms with Gasteiger partial charge in [-0.25, -0.2) is 9.97 Å². The van der Waals surface area contributed by atoms with Crippen LogP contribution in [0.1, 0.15) is 23.7 Å². The summed E-state index contributed by atoms with van der Waals surface area (Å²) in [7, 11) is 1.70. The number of aromatic nitrogens is 3. The third kappa shape index (κ3) is 2.68. The van der Waals surface area contributed by atoms with Crippen molar-refractivity contribution in [3.05, 3.63) is 54.0 Å². The third-order valence-corrected chi connectivity index (χ3v) is 4.43. The van der Waals surface area contributed by atoms with E-state index in [1.165, 1.54) is 5.56 Å². The molecule has 5 nitrogen and oxygen atoms in total. The van der Waals surface area contributed by atoms with Gasteiger partial charge in [0.1, 0.15) is 17.1 Å². The Hall–Kier alpha value is -2.40. The third-order valence-electron chi connectivity index (χ3n) is 4.43. The molecule has 0 amide bonds. The van der Waals surface area contributed by atoms with E-state index in [4.69, 9.17) is 9.72 Å². The maximum Gasteiger partial charge on any atom is 0.160 e. The Labute approximate surface area is 135 Å². The van der Waals surface area contributed by atoms with E-state index in [1.807, 2.05) is 30.5 Å². The van der Waals surface area contributed by atoms with Crippen LogP contribution in [0.2, 0.25) is 0 Å².